The summed E-state index contributed by atoms with van der Waals surface area (Å²) in [5.41, 5.74) is 4.41. The van der Waals surface area contributed by atoms with Crippen LogP contribution in [0.5, 0.6) is 0 Å². The zero-order valence-corrected chi connectivity index (χ0v) is 15.1. The van der Waals surface area contributed by atoms with E-state index in [1.54, 1.807) is 18.2 Å². The number of rotatable bonds is 1. The summed E-state index contributed by atoms with van der Waals surface area (Å²) in [5.74, 6) is 0. The molecular formula is C23H16ClF3. The standard InChI is InChI=1S/C23H16ClF3/c24-18-11-12-20-16(13-18)10-9-15-5-1-3-7-19(15)21(20)14-17-6-2-4-8-22(17)23(25,26)27/h1-8,11-14H,9-10H2/b21-14-. The molecule has 136 valence electrons. The van der Waals surface area contributed by atoms with E-state index in [4.69, 9.17) is 11.6 Å². The fourth-order valence-electron chi connectivity index (χ4n) is 3.64. The molecule has 0 spiro atoms. The van der Waals surface area contributed by atoms with E-state index in [0.717, 1.165) is 46.7 Å². The van der Waals surface area contributed by atoms with Gasteiger partial charge in [0.25, 0.3) is 0 Å². The maximum atomic E-state index is 13.5. The highest BCUT2D eigenvalue weighted by Gasteiger charge is 2.32. The second-order valence-corrected chi connectivity index (χ2v) is 7.04. The molecule has 0 fully saturated rings. The Morgan fingerprint density at radius 2 is 1.44 bits per heavy atom. The van der Waals surface area contributed by atoms with Gasteiger partial charge in [0, 0.05) is 5.02 Å². The summed E-state index contributed by atoms with van der Waals surface area (Å²) >= 11 is 6.17. The van der Waals surface area contributed by atoms with Gasteiger partial charge in [-0.1, -0.05) is 60.1 Å². The fourth-order valence-corrected chi connectivity index (χ4v) is 3.83. The lowest BCUT2D eigenvalue weighted by atomic mass is 9.91. The Kier molecular flexibility index (Phi) is 4.56. The third-order valence-electron chi connectivity index (χ3n) is 4.89. The topological polar surface area (TPSA) is 0 Å². The molecule has 0 unspecified atom stereocenters. The van der Waals surface area contributed by atoms with Gasteiger partial charge in [0.05, 0.1) is 5.56 Å². The molecule has 0 aliphatic heterocycles. The molecule has 27 heavy (non-hydrogen) atoms. The lowest BCUT2D eigenvalue weighted by molar-refractivity contribution is -0.137. The van der Waals surface area contributed by atoms with E-state index in [1.165, 1.54) is 12.1 Å². The third kappa shape index (κ3) is 3.52. The monoisotopic (exact) mass is 384 g/mol. The Bertz CT molecular complexity index is 1030. The summed E-state index contributed by atoms with van der Waals surface area (Å²) in [6.45, 7) is 0. The van der Waals surface area contributed by atoms with Gasteiger partial charge in [0.1, 0.15) is 0 Å². The molecule has 0 atom stereocenters. The Morgan fingerprint density at radius 1 is 0.778 bits per heavy atom. The number of aryl methyl sites for hydroxylation is 2. The molecule has 0 radical (unpaired) electrons. The molecule has 0 bridgehead atoms. The van der Waals surface area contributed by atoms with Gasteiger partial charge < -0.3 is 0 Å². The maximum absolute atomic E-state index is 13.5. The minimum Gasteiger partial charge on any atom is -0.166 e. The number of benzene rings is 3. The smallest absolute Gasteiger partial charge is 0.166 e. The quantitative estimate of drug-likeness (QED) is 0.422. The molecule has 1 aliphatic rings. The molecule has 0 amide bonds. The van der Waals surface area contributed by atoms with Crippen LogP contribution in [0.25, 0.3) is 11.6 Å². The molecule has 0 heterocycles. The van der Waals surface area contributed by atoms with Crippen molar-refractivity contribution in [2.75, 3.05) is 0 Å². The molecule has 0 saturated heterocycles. The summed E-state index contributed by atoms with van der Waals surface area (Å²) < 4.78 is 40.4. The van der Waals surface area contributed by atoms with Crippen LogP contribution < -0.4 is 0 Å². The first-order valence-electron chi connectivity index (χ1n) is 8.68. The van der Waals surface area contributed by atoms with E-state index in [1.807, 2.05) is 36.4 Å². The average Bonchev–Trinajstić information content (AvgIpc) is 2.79. The minimum atomic E-state index is -4.40. The Morgan fingerprint density at radius 3 is 2.26 bits per heavy atom. The SMILES string of the molecule is FC(F)(F)c1ccccc1/C=C1/c2ccccc2CCc2cc(Cl)ccc21. The van der Waals surface area contributed by atoms with Crippen LogP contribution in [0.2, 0.25) is 5.02 Å². The number of alkyl halides is 3. The molecule has 0 saturated carbocycles. The summed E-state index contributed by atoms with van der Waals surface area (Å²) in [6.07, 6.45) is -1.13. The number of halogens is 4. The van der Waals surface area contributed by atoms with Gasteiger partial charge in [-0.15, -0.1) is 0 Å². The second kappa shape index (κ2) is 6.90. The van der Waals surface area contributed by atoms with Gasteiger partial charge in [0.15, 0.2) is 0 Å². The molecule has 4 rings (SSSR count). The first kappa shape index (κ1) is 17.9. The zero-order valence-electron chi connectivity index (χ0n) is 14.4. The number of fused-ring (bicyclic) bond motifs is 2. The first-order valence-corrected chi connectivity index (χ1v) is 9.06. The van der Waals surface area contributed by atoms with Crippen molar-refractivity contribution < 1.29 is 13.2 Å². The van der Waals surface area contributed by atoms with Crippen LogP contribution in [0, 0.1) is 0 Å². The van der Waals surface area contributed by atoms with Crippen LogP contribution in [0.1, 0.15) is 33.4 Å². The van der Waals surface area contributed by atoms with Crippen LogP contribution in [-0.2, 0) is 19.0 Å². The molecule has 1 aliphatic carbocycles. The van der Waals surface area contributed by atoms with E-state index >= 15 is 0 Å². The molecule has 3 aromatic rings. The largest absolute Gasteiger partial charge is 0.416 e. The predicted octanol–water partition coefficient (Wildman–Crippen LogP) is 7.05. The Hall–Kier alpha value is -2.52. The summed E-state index contributed by atoms with van der Waals surface area (Å²) in [7, 11) is 0. The zero-order chi connectivity index (χ0) is 19.0. The van der Waals surface area contributed by atoms with Gasteiger partial charge in [0.2, 0.25) is 0 Å². The fraction of sp³-hybridized carbons (Fsp3) is 0.130. The predicted molar refractivity (Wildman–Crippen MR) is 104 cm³/mol. The van der Waals surface area contributed by atoms with Gasteiger partial charge in [-0.05, 0) is 70.5 Å². The van der Waals surface area contributed by atoms with Gasteiger partial charge in [-0.3, -0.25) is 0 Å². The highest BCUT2D eigenvalue weighted by Crippen LogP contribution is 2.38. The minimum absolute atomic E-state index is 0.164. The second-order valence-electron chi connectivity index (χ2n) is 6.60. The van der Waals surface area contributed by atoms with Crippen molar-refractivity contribution in [3.63, 3.8) is 0 Å². The van der Waals surface area contributed by atoms with Crippen LogP contribution in [0.15, 0.2) is 66.7 Å². The van der Waals surface area contributed by atoms with Crippen molar-refractivity contribution in [1.82, 2.24) is 0 Å². The Labute approximate surface area is 160 Å². The number of hydrogen-bond donors (Lipinski definition) is 0. The van der Waals surface area contributed by atoms with Crippen molar-refractivity contribution in [3.05, 3.63) is 105 Å². The third-order valence-corrected chi connectivity index (χ3v) is 5.13. The van der Waals surface area contributed by atoms with Crippen molar-refractivity contribution in [2.24, 2.45) is 0 Å². The molecular weight excluding hydrogens is 369 g/mol. The lowest BCUT2D eigenvalue weighted by Gasteiger charge is -2.15. The van der Waals surface area contributed by atoms with Crippen molar-refractivity contribution in [3.8, 4) is 0 Å². The maximum Gasteiger partial charge on any atom is 0.416 e. The average molecular weight is 385 g/mol. The summed E-state index contributed by atoms with van der Waals surface area (Å²) in [6, 6.07) is 19.2. The normalized spacial score (nSPS) is 15.2. The van der Waals surface area contributed by atoms with Crippen LogP contribution in [-0.4, -0.2) is 0 Å². The van der Waals surface area contributed by atoms with E-state index in [2.05, 4.69) is 0 Å². The van der Waals surface area contributed by atoms with E-state index in [0.29, 0.717) is 5.02 Å². The molecule has 3 aromatic carbocycles. The molecule has 4 heteroatoms. The van der Waals surface area contributed by atoms with Crippen molar-refractivity contribution in [1.29, 1.82) is 0 Å². The highest BCUT2D eigenvalue weighted by atomic mass is 35.5. The lowest BCUT2D eigenvalue weighted by Crippen LogP contribution is -2.07. The molecule has 0 nitrogen and oxygen atoms in total. The first-order chi connectivity index (χ1) is 12.9. The highest BCUT2D eigenvalue weighted by molar-refractivity contribution is 6.30. The van der Waals surface area contributed by atoms with Crippen LogP contribution >= 0.6 is 11.6 Å². The van der Waals surface area contributed by atoms with Gasteiger partial charge in [-0.2, -0.15) is 13.2 Å². The van der Waals surface area contributed by atoms with E-state index in [9.17, 15) is 13.2 Å². The number of hydrogen-bond acceptors (Lipinski definition) is 0. The Balaban J connectivity index is 1.99. The van der Waals surface area contributed by atoms with E-state index < -0.39 is 11.7 Å². The van der Waals surface area contributed by atoms with Crippen LogP contribution in [0.3, 0.4) is 0 Å². The van der Waals surface area contributed by atoms with Crippen molar-refractivity contribution >= 4 is 23.3 Å². The van der Waals surface area contributed by atoms with Gasteiger partial charge in [-0.25, -0.2) is 0 Å². The van der Waals surface area contributed by atoms with Crippen molar-refractivity contribution in [2.45, 2.75) is 19.0 Å². The summed E-state index contributed by atoms with van der Waals surface area (Å²) in [4.78, 5) is 0. The molecule has 0 aromatic heterocycles. The molecule has 0 N–H and O–H groups in total. The van der Waals surface area contributed by atoms with Gasteiger partial charge >= 0.3 is 6.18 Å². The van der Waals surface area contributed by atoms with E-state index in [-0.39, 0.29) is 5.56 Å². The summed E-state index contributed by atoms with van der Waals surface area (Å²) in [5, 5.41) is 0.634. The van der Waals surface area contributed by atoms with Crippen LogP contribution in [0.4, 0.5) is 13.2 Å².